The first-order valence-electron chi connectivity index (χ1n) is 4.79. The molecule has 2 heterocycles. The summed E-state index contributed by atoms with van der Waals surface area (Å²) in [6.45, 7) is 4.08. The van der Waals surface area contributed by atoms with E-state index in [0.29, 0.717) is 6.04 Å². The Labute approximate surface area is 87.5 Å². The minimum atomic E-state index is 0.259. The molecule has 0 saturated heterocycles. The van der Waals surface area contributed by atoms with E-state index in [1.165, 1.54) is 0 Å². The Morgan fingerprint density at radius 3 is 2.80 bits per heavy atom. The molecule has 0 bridgehead atoms. The van der Waals surface area contributed by atoms with E-state index in [1.807, 2.05) is 20.9 Å². The van der Waals surface area contributed by atoms with Gasteiger partial charge in [0.05, 0.1) is 11.6 Å². The van der Waals surface area contributed by atoms with E-state index >= 15 is 0 Å². The molecule has 0 atom stereocenters. The number of hydrogen-bond donors (Lipinski definition) is 2. The first-order valence-corrected chi connectivity index (χ1v) is 4.79. The van der Waals surface area contributed by atoms with Crippen molar-refractivity contribution in [2.75, 3.05) is 11.1 Å². The summed E-state index contributed by atoms with van der Waals surface area (Å²) < 4.78 is 1.68. The molecule has 0 fully saturated rings. The Morgan fingerprint density at radius 1 is 1.40 bits per heavy atom. The highest BCUT2D eigenvalue weighted by Gasteiger charge is 2.10. The highest BCUT2D eigenvalue weighted by Crippen LogP contribution is 2.20. The zero-order valence-corrected chi connectivity index (χ0v) is 9.02. The molecule has 3 N–H and O–H groups in total. The predicted octanol–water partition coefficient (Wildman–Crippen LogP) is 0.766. The molecule has 0 aromatic carbocycles. The van der Waals surface area contributed by atoms with Crippen molar-refractivity contribution in [3.8, 4) is 0 Å². The zero-order valence-electron chi connectivity index (χ0n) is 9.02. The molecule has 2 aromatic heterocycles. The van der Waals surface area contributed by atoms with Gasteiger partial charge in [0, 0.05) is 13.1 Å². The summed E-state index contributed by atoms with van der Waals surface area (Å²) in [4.78, 5) is 8.29. The van der Waals surface area contributed by atoms with Crippen LogP contribution in [0, 0.1) is 0 Å². The van der Waals surface area contributed by atoms with Gasteiger partial charge in [0.25, 0.3) is 0 Å². The Morgan fingerprint density at radius 2 is 2.13 bits per heavy atom. The van der Waals surface area contributed by atoms with Crippen molar-refractivity contribution in [1.82, 2.24) is 19.7 Å². The molecule has 0 saturated carbocycles. The van der Waals surface area contributed by atoms with Gasteiger partial charge in [-0.3, -0.25) is 4.68 Å². The van der Waals surface area contributed by atoms with Crippen molar-refractivity contribution in [1.29, 1.82) is 0 Å². The lowest BCUT2D eigenvalue weighted by atomic mass is 10.3. The fraction of sp³-hybridized carbons (Fsp3) is 0.444. The normalized spacial score (nSPS) is 11.2. The van der Waals surface area contributed by atoms with Crippen molar-refractivity contribution in [2.24, 2.45) is 7.05 Å². The van der Waals surface area contributed by atoms with Gasteiger partial charge in [-0.25, -0.2) is 0 Å². The van der Waals surface area contributed by atoms with Crippen LogP contribution < -0.4 is 11.1 Å². The van der Waals surface area contributed by atoms with Crippen molar-refractivity contribution in [2.45, 2.75) is 19.9 Å². The maximum Gasteiger partial charge on any atom is 0.224 e. The smallest absolute Gasteiger partial charge is 0.224 e. The molecule has 0 aliphatic carbocycles. The summed E-state index contributed by atoms with van der Waals surface area (Å²) in [7, 11) is 1.83. The number of aromatic nitrogens is 4. The molecule has 2 rings (SSSR count). The minimum Gasteiger partial charge on any atom is -0.368 e. The van der Waals surface area contributed by atoms with Gasteiger partial charge in [-0.05, 0) is 13.8 Å². The molecule has 80 valence electrons. The summed E-state index contributed by atoms with van der Waals surface area (Å²) in [5.41, 5.74) is 6.37. The highest BCUT2D eigenvalue weighted by atomic mass is 15.3. The summed E-state index contributed by atoms with van der Waals surface area (Å²) in [5.74, 6) is 0.995. The van der Waals surface area contributed by atoms with E-state index in [1.54, 1.807) is 10.9 Å². The number of hydrogen-bond acceptors (Lipinski definition) is 5. The number of fused-ring (bicyclic) bond motifs is 1. The molecule has 0 spiro atoms. The second-order valence-electron chi connectivity index (χ2n) is 3.73. The molecular formula is C9H14N6. The van der Waals surface area contributed by atoms with Crippen molar-refractivity contribution < 1.29 is 0 Å². The highest BCUT2D eigenvalue weighted by molar-refractivity contribution is 5.87. The second-order valence-corrected chi connectivity index (χ2v) is 3.73. The quantitative estimate of drug-likeness (QED) is 0.758. The van der Waals surface area contributed by atoms with E-state index in [9.17, 15) is 0 Å². The van der Waals surface area contributed by atoms with Crippen LogP contribution in [0.15, 0.2) is 6.20 Å². The van der Waals surface area contributed by atoms with E-state index in [-0.39, 0.29) is 5.95 Å². The zero-order chi connectivity index (χ0) is 11.0. The van der Waals surface area contributed by atoms with Crippen LogP contribution in [0.4, 0.5) is 11.8 Å². The maximum atomic E-state index is 5.63. The van der Waals surface area contributed by atoms with E-state index in [2.05, 4.69) is 20.4 Å². The van der Waals surface area contributed by atoms with Crippen LogP contribution >= 0.6 is 0 Å². The molecule has 0 amide bonds. The van der Waals surface area contributed by atoms with Gasteiger partial charge in [-0.2, -0.15) is 15.1 Å². The van der Waals surface area contributed by atoms with Crippen LogP contribution in [0.3, 0.4) is 0 Å². The van der Waals surface area contributed by atoms with Crippen LogP contribution in [0.1, 0.15) is 13.8 Å². The van der Waals surface area contributed by atoms with Crippen molar-refractivity contribution in [3.05, 3.63) is 6.20 Å². The number of nitrogen functional groups attached to an aromatic ring is 1. The van der Waals surface area contributed by atoms with Crippen molar-refractivity contribution in [3.63, 3.8) is 0 Å². The Kier molecular flexibility index (Phi) is 2.18. The molecule has 0 radical (unpaired) electrons. The fourth-order valence-corrected chi connectivity index (χ4v) is 1.42. The van der Waals surface area contributed by atoms with Crippen LogP contribution in [-0.4, -0.2) is 25.8 Å². The minimum absolute atomic E-state index is 0.259. The van der Waals surface area contributed by atoms with Gasteiger partial charge in [0.1, 0.15) is 5.82 Å². The number of nitrogens with one attached hydrogen (secondary N) is 1. The Balaban J connectivity index is 2.61. The average Bonchev–Trinajstić information content (AvgIpc) is 2.47. The molecule has 15 heavy (non-hydrogen) atoms. The van der Waals surface area contributed by atoms with Gasteiger partial charge in [0.2, 0.25) is 5.95 Å². The SMILES string of the molecule is CC(C)Nc1nc(N)nc2c1cnn2C. The molecule has 0 unspecified atom stereocenters. The third-order valence-corrected chi connectivity index (χ3v) is 2.03. The molecule has 2 aromatic rings. The van der Waals surface area contributed by atoms with E-state index < -0.39 is 0 Å². The van der Waals surface area contributed by atoms with Crippen LogP contribution in [-0.2, 0) is 7.05 Å². The van der Waals surface area contributed by atoms with E-state index in [4.69, 9.17) is 5.73 Å². The van der Waals surface area contributed by atoms with E-state index in [0.717, 1.165) is 16.9 Å². The van der Waals surface area contributed by atoms with Gasteiger partial charge in [0.15, 0.2) is 5.65 Å². The Bertz CT molecular complexity index is 487. The topological polar surface area (TPSA) is 81.7 Å². The second kappa shape index (κ2) is 3.38. The standard InChI is InChI=1S/C9H14N6/c1-5(2)12-7-6-4-11-15(3)8(6)14-9(10)13-7/h4-5H,1-3H3,(H3,10,12,13,14). The first-order chi connectivity index (χ1) is 7.08. The van der Waals surface area contributed by atoms with Gasteiger partial charge in [-0.15, -0.1) is 0 Å². The number of rotatable bonds is 2. The lowest BCUT2D eigenvalue weighted by Gasteiger charge is -2.09. The molecule has 6 heteroatoms. The van der Waals surface area contributed by atoms with Gasteiger partial charge in [-0.1, -0.05) is 0 Å². The maximum absolute atomic E-state index is 5.63. The first kappa shape index (κ1) is 9.70. The predicted molar refractivity (Wildman–Crippen MR) is 59.5 cm³/mol. The fourth-order valence-electron chi connectivity index (χ4n) is 1.42. The number of nitrogens with two attached hydrogens (primary N) is 1. The monoisotopic (exact) mass is 206 g/mol. The summed E-state index contributed by atoms with van der Waals surface area (Å²) in [6.07, 6.45) is 1.74. The van der Waals surface area contributed by atoms with Crippen molar-refractivity contribution >= 4 is 22.8 Å². The van der Waals surface area contributed by atoms with Crippen LogP contribution in [0.5, 0.6) is 0 Å². The molecule has 6 nitrogen and oxygen atoms in total. The number of anilines is 2. The van der Waals surface area contributed by atoms with Crippen LogP contribution in [0.2, 0.25) is 0 Å². The third-order valence-electron chi connectivity index (χ3n) is 2.03. The average molecular weight is 206 g/mol. The largest absolute Gasteiger partial charge is 0.368 e. The molecular weight excluding hydrogens is 192 g/mol. The number of nitrogens with zero attached hydrogens (tertiary/aromatic N) is 4. The van der Waals surface area contributed by atoms with Gasteiger partial charge >= 0.3 is 0 Å². The number of aryl methyl sites for hydroxylation is 1. The summed E-state index contributed by atoms with van der Waals surface area (Å²) in [5, 5.41) is 8.23. The lowest BCUT2D eigenvalue weighted by molar-refractivity contribution is 0.786. The summed E-state index contributed by atoms with van der Waals surface area (Å²) >= 11 is 0. The summed E-state index contributed by atoms with van der Waals surface area (Å²) in [6, 6.07) is 0.294. The lowest BCUT2D eigenvalue weighted by Crippen LogP contribution is -2.12. The third kappa shape index (κ3) is 1.70. The molecule has 0 aliphatic heterocycles. The van der Waals surface area contributed by atoms with Gasteiger partial charge < -0.3 is 11.1 Å². The van der Waals surface area contributed by atoms with Crippen LogP contribution in [0.25, 0.3) is 11.0 Å². The Hall–Kier alpha value is -1.85. The molecule has 0 aliphatic rings.